The first-order valence-electron chi connectivity index (χ1n) is 4.46. The number of hydrogen-bond donors (Lipinski definition) is 1. The average molecular weight is 220 g/mol. The highest BCUT2D eigenvalue weighted by Gasteiger charge is 2.19. The molecule has 6 nitrogen and oxygen atoms in total. The topological polar surface area (TPSA) is 104 Å². The molecule has 1 aromatic rings. The second-order valence-corrected chi connectivity index (χ2v) is 3.05. The minimum atomic E-state index is -1.27. The number of aromatic carboxylic acids is 1. The highest BCUT2D eigenvalue weighted by atomic mass is 16.6. The van der Waals surface area contributed by atoms with Crippen LogP contribution < -0.4 is 0 Å². The molecule has 0 bridgehead atoms. The lowest BCUT2D eigenvalue weighted by Gasteiger charge is -2.05. The Morgan fingerprint density at radius 2 is 2.25 bits per heavy atom. The van der Waals surface area contributed by atoms with Crippen molar-refractivity contribution in [3.63, 3.8) is 0 Å². The lowest BCUT2D eigenvalue weighted by Crippen LogP contribution is -2.05. The highest BCUT2D eigenvalue weighted by Crippen LogP contribution is 2.22. The fraction of sp³-hybridized carbons (Fsp3) is 0.200. The van der Waals surface area contributed by atoms with Gasteiger partial charge in [-0.25, -0.2) is 4.79 Å². The fourth-order valence-electron chi connectivity index (χ4n) is 1.43. The van der Waals surface area contributed by atoms with Crippen molar-refractivity contribution in [3.05, 3.63) is 38.9 Å². The minimum absolute atomic E-state index is 0.0362. The molecule has 1 N–H and O–H groups in total. The van der Waals surface area contributed by atoms with Gasteiger partial charge in [-0.2, -0.15) is 5.26 Å². The van der Waals surface area contributed by atoms with Gasteiger partial charge in [0.2, 0.25) is 0 Å². The van der Waals surface area contributed by atoms with Gasteiger partial charge in [-0.15, -0.1) is 0 Å². The van der Waals surface area contributed by atoms with Crippen LogP contribution >= 0.6 is 0 Å². The number of nitriles is 1. The van der Waals surface area contributed by atoms with Gasteiger partial charge in [0.05, 0.1) is 22.1 Å². The number of rotatable bonds is 3. The normalized spacial score (nSPS) is 9.50. The molecule has 1 aromatic carbocycles. The first-order chi connectivity index (χ1) is 7.51. The Morgan fingerprint density at radius 3 is 2.62 bits per heavy atom. The van der Waals surface area contributed by atoms with E-state index in [0.717, 1.165) is 12.1 Å². The summed E-state index contributed by atoms with van der Waals surface area (Å²) in [7, 11) is 0. The molecule has 0 aliphatic rings. The van der Waals surface area contributed by atoms with E-state index >= 15 is 0 Å². The molecule has 0 radical (unpaired) electrons. The van der Waals surface area contributed by atoms with Crippen molar-refractivity contribution in [2.75, 3.05) is 0 Å². The maximum absolute atomic E-state index is 10.9. The predicted molar refractivity (Wildman–Crippen MR) is 54.1 cm³/mol. The zero-order valence-corrected chi connectivity index (χ0v) is 8.43. The third-order valence-corrected chi connectivity index (χ3v) is 2.15. The van der Waals surface area contributed by atoms with E-state index in [9.17, 15) is 14.9 Å². The SMILES string of the molecule is CCc1c(C#N)cc([N+](=O)[O-])cc1C(=O)O. The van der Waals surface area contributed by atoms with Crippen molar-refractivity contribution in [2.45, 2.75) is 13.3 Å². The van der Waals surface area contributed by atoms with E-state index in [-0.39, 0.29) is 16.8 Å². The first-order valence-corrected chi connectivity index (χ1v) is 4.46. The number of benzene rings is 1. The van der Waals surface area contributed by atoms with Crippen LogP contribution in [0.5, 0.6) is 0 Å². The van der Waals surface area contributed by atoms with Crippen molar-refractivity contribution < 1.29 is 14.8 Å². The van der Waals surface area contributed by atoms with E-state index < -0.39 is 10.9 Å². The maximum Gasteiger partial charge on any atom is 0.336 e. The van der Waals surface area contributed by atoms with E-state index in [1.165, 1.54) is 0 Å². The number of carboxylic acids is 1. The molecule has 0 aliphatic carbocycles. The average Bonchev–Trinajstić information content (AvgIpc) is 2.26. The molecule has 0 aromatic heterocycles. The van der Waals surface area contributed by atoms with Crippen molar-refractivity contribution >= 4 is 11.7 Å². The van der Waals surface area contributed by atoms with Gasteiger partial charge < -0.3 is 5.11 Å². The number of nitro groups is 1. The van der Waals surface area contributed by atoms with E-state index in [0.29, 0.717) is 12.0 Å². The monoisotopic (exact) mass is 220 g/mol. The molecular weight excluding hydrogens is 212 g/mol. The van der Waals surface area contributed by atoms with Gasteiger partial charge in [0.25, 0.3) is 5.69 Å². The van der Waals surface area contributed by atoms with Crippen LogP contribution in [0.2, 0.25) is 0 Å². The van der Waals surface area contributed by atoms with Crippen LogP contribution in [-0.4, -0.2) is 16.0 Å². The van der Waals surface area contributed by atoms with Gasteiger partial charge in [0.1, 0.15) is 0 Å². The predicted octanol–water partition coefficient (Wildman–Crippen LogP) is 1.73. The van der Waals surface area contributed by atoms with Crippen LogP contribution in [0.25, 0.3) is 0 Å². The van der Waals surface area contributed by atoms with E-state index in [4.69, 9.17) is 10.4 Å². The smallest absolute Gasteiger partial charge is 0.336 e. The largest absolute Gasteiger partial charge is 0.478 e. The summed E-state index contributed by atoms with van der Waals surface area (Å²) in [6.45, 7) is 1.69. The van der Waals surface area contributed by atoms with Gasteiger partial charge in [-0.05, 0) is 12.0 Å². The molecule has 0 saturated carbocycles. The maximum atomic E-state index is 10.9. The summed E-state index contributed by atoms with van der Waals surface area (Å²) in [6, 6.07) is 3.83. The van der Waals surface area contributed by atoms with Crippen LogP contribution in [0.4, 0.5) is 5.69 Å². The molecule has 0 heterocycles. The number of non-ortho nitro benzene ring substituents is 1. The zero-order valence-electron chi connectivity index (χ0n) is 8.43. The summed E-state index contributed by atoms with van der Waals surface area (Å²) in [4.78, 5) is 20.7. The second-order valence-electron chi connectivity index (χ2n) is 3.05. The molecule has 1 rings (SSSR count). The lowest BCUT2D eigenvalue weighted by atomic mass is 9.98. The number of hydrogen-bond acceptors (Lipinski definition) is 4. The summed E-state index contributed by atoms with van der Waals surface area (Å²) in [6.07, 6.45) is 0.336. The van der Waals surface area contributed by atoms with Crippen LogP contribution in [-0.2, 0) is 6.42 Å². The van der Waals surface area contributed by atoms with Crippen molar-refractivity contribution in [1.82, 2.24) is 0 Å². The molecule has 0 aliphatic heterocycles. The molecule has 16 heavy (non-hydrogen) atoms. The molecule has 0 saturated heterocycles. The van der Waals surface area contributed by atoms with Crippen LogP contribution in [0.3, 0.4) is 0 Å². The molecule has 0 amide bonds. The Kier molecular flexibility index (Phi) is 3.20. The number of nitro benzene ring substituents is 1. The van der Waals surface area contributed by atoms with Crippen LogP contribution in [0, 0.1) is 21.4 Å². The summed E-state index contributed by atoms with van der Waals surface area (Å²) < 4.78 is 0. The van der Waals surface area contributed by atoms with E-state index in [1.54, 1.807) is 13.0 Å². The first kappa shape index (κ1) is 11.7. The van der Waals surface area contributed by atoms with Gasteiger partial charge in [0, 0.05) is 12.1 Å². The van der Waals surface area contributed by atoms with E-state index in [1.807, 2.05) is 0 Å². The van der Waals surface area contributed by atoms with Crippen molar-refractivity contribution in [3.8, 4) is 6.07 Å². The van der Waals surface area contributed by atoms with Gasteiger partial charge in [0.15, 0.2) is 0 Å². The molecule has 0 unspecified atom stereocenters. The minimum Gasteiger partial charge on any atom is -0.478 e. The molecule has 0 fully saturated rings. The third-order valence-electron chi connectivity index (χ3n) is 2.15. The standard InChI is InChI=1S/C10H8N2O4/c1-2-8-6(5-11)3-7(12(15)16)4-9(8)10(13)14/h3-4H,2H2,1H3,(H,13,14). The number of carbonyl (C=O) groups is 1. The summed E-state index contributed by atoms with van der Waals surface area (Å²) >= 11 is 0. The summed E-state index contributed by atoms with van der Waals surface area (Å²) in [5.41, 5.74) is -0.214. The molecule has 0 atom stereocenters. The summed E-state index contributed by atoms with van der Waals surface area (Å²) in [5.74, 6) is -1.27. The molecule has 0 spiro atoms. The highest BCUT2D eigenvalue weighted by molar-refractivity contribution is 5.91. The van der Waals surface area contributed by atoms with Gasteiger partial charge in [-0.1, -0.05) is 6.92 Å². The van der Waals surface area contributed by atoms with Gasteiger partial charge in [-0.3, -0.25) is 10.1 Å². The number of nitrogens with zero attached hydrogens (tertiary/aromatic N) is 2. The Morgan fingerprint density at radius 1 is 1.62 bits per heavy atom. The van der Waals surface area contributed by atoms with Crippen LogP contribution in [0.15, 0.2) is 12.1 Å². The summed E-state index contributed by atoms with van der Waals surface area (Å²) in [5, 5.41) is 28.2. The third kappa shape index (κ3) is 1.98. The molecule has 6 heteroatoms. The van der Waals surface area contributed by atoms with Crippen molar-refractivity contribution in [2.24, 2.45) is 0 Å². The Bertz CT molecular complexity index is 502. The lowest BCUT2D eigenvalue weighted by molar-refractivity contribution is -0.384. The molecule has 82 valence electrons. The quantitative estimate of drug-likeness (QED) is 0.616. The second kappa shape index (κ2) is 4.40. The zero-order chi connectivity index (χ0) is 12.3. The number of carboxylic acid groups (broad SMARTS) is 1. The Hall–Kier alpha value is -2.42. The van der Waals surface area contributed by atoms with Crippen molar-refractivity contribution in [1.29, 1.82) is 5.26 Å². The van der Waals surface area contributed by atoms with Gasteiger partial charge >= 0.3 is 5.97 Å². The Balaban J connectivity index is 3.57. The fourth-order valence-corrected chi connectivity index (χ4v) is 1.43. The molecular formula is C10H8N2O4. The Labute approximate surface area is 90.9 Å². The van der Waals surface area contributed by atoms with Crippen LogP contribution in [0.1, 0.15) is 28.4 Å². The van der Waals surface area contributed by atoms with E-state index in [2.05, 4.69) is 0 Å².